The van der Waals surface area contributed by atoms with Crippen LogP contribution in [-0.4, -0.2) is 43.9 Å². The highest BCUT2D eigenvalue weighted by atomic mass is 32.2. The summed E-state index contributed by atoms with van der Waals surface area (Å²) in [6.07, 6.45) is -1.16. The van der Waals surface area contributed by atoms with Crippen molar-refractivity contribution in [3.8, 4) is 0 Å². The molecule has 2 atom stereocenters. The Kier molecular flexibility index (Phi) is 6.12. The van der Waals surface area contributed by atoms with E-state index in [9.17, 15) is 18.3 Å². The fourth-order valence-electron chi connectivity index (χ4n) is 1.47. The highest BCUT2D eigenvalue weighted by Crippen LogP contribution is 2.18. The fourth-order valence-corrected chi connectivity index (χ4v) is 3.95. The number of thiophene rings is 1. The molecule has 0 saturated carbocycles. The number of carbonyl (C=O) groups excluding carboxylic acids is 1. The minimum Gasteiger partial charge on any atom is -0.390 e. The molecule has 0 saturated heterocycles. The number of aliphatic hydroxyl groups excluding tert-OH is 1. The molecule has 0 radical (unpaired) electrons. The molecule has 114 valence electrons. The van der Waals surface area contributed by atoms with E-state index in [4.69, 9.17) is 5.73 Å². The SMILES string of the molecule is CC(C)[C@H](N)C(=O)NCC(O)CS(=O)(=O)c1cccs1. The monoisotopic (exact) mass is 320 g/mol. The maximum absolute atomic E-state index is 11.9. The molecule has 8 heteroatoms. The molecule has 0 aliphatic carbocycles. The summed E-state index contributed by atoms with van der Waals surface area (Å²) in [5, 5.41) is 13.8. The van der Waals surface area contributed by atoms with Crippen LogP contribution < -0.4 is 11.1 Å². The van der Waals surface area contributed by atoms with Crippen LogP contribution in [0.4, 0.5) is 0 Å². The molecule has 1 aromatic rings. The van der Waals surface area contributed by atoms with Gasteiger partial charge in [-0.25, -0.2) is 8.42 Å². The van der Waals surface area contributed by atoms with Crippen molar-refractivity contribution in [2.45, 2.75) is 30.2 Å². The molecule has 0 spiro atoms. The standard InChI is InChI=1S/C12H20N2O4S2/c1-8(2)11(13)12(16)14-6-9(15)7-20(17,18)10-4-3-5-19-10/h3-5,8-9,11,15H,6-7,13H2,1-2H3,(H,14,16)/t9?,11-/m0/s1. The van der Waals surface area contributed by atoms with Crippen LogP contribution in [-0.2, 0) is 14.6 Å². The third kappa shape index (κ3) is 4.86. The average molecular weight is 320 g/mol. The summed E-state index contributed by atoms with van der Waals surface area (Å²) in [4.78, 5) is 11.6. The average Bonchev–Trinajstić information content (AvgIpc) is 2.88. The summed E-state index contributed by atoms with van der Waals surface area (Å²) in [6, 6.07) is 2.45. The van der Waals surface area contributed by atoms with Gasteiger partial charge >= 0.3 is 0 Å². The number of sulfone groups is 1. The first kappa shape index (κ1) is 17.1. The Morgan fingerprint density at radius 3 is 2.65 bits per heavy atom. The van der Waals surface area contributed by atoms with Gasteiger partial charge in [-0.15, -0.1) is 11.3 Å². The summed E-state index contributed by atoms with van der Waals surface area (Å²) in [5.41, 5.74) is 5.64. The second kappa shape index (κ2) is 7.16. The zero-order valence-corrected chi connectivity index (χ0v) is 13.1. The topological polar surface area (TPSA) is 109 Å². The Balaban J connectivity index is 2.49. The van der Waals surface area contributed by atoms with E-state index in [-0.39, 0.29) is 16.7 Å². The van der Waals surface area contributed by atoms with Gasteiger partial charge in [-0.2, -0.15) is 0 Å². The number of nitrogens with one attached hydrogen (secondary N) is 1. The van der Waals surface area contributed by atoms with Gasteiger partial charge in [0.2, 0.25) is 5.91 Å². The van der Waals surface area contributed by atoms with Crippen LogP contribution >= 0.6 is 11.3 Å². The van der Waals surface area contributed by atoms with Crippen molar-refractivity contribution < 1.29 is 18.3 Å². The zero-order valence-electron chi connectivity index (χ0n) is 11.4. The van der Waals surface area contributed by atoms with Crippen LogP contribution in [0.15, 0.2) is 21.7 Å². The van der Waals surface area contributed by atoms with Crippen LogP contribution in [0.2, 0.25) is 0 Å². The fraction of sp³-hybridized carbons (Fsp3) is 0.583. The van der Waals surface area contributed by atoms with Crippen molar-refractivity contribution in [2.75, 3.05) is 12.3 Å². The van der Waals surface area contributed by atoms with Gasteiger partial charge in [0.15, 0.2) is 9.84 Å². The van der Waals surface area contributed by atoms with Gasteiger partial charge in [0, 0.05) is 6.54 Å². The number of hydrogen-bond acceptors (Lipinski definition) is 6. The Hall–Kier alpha value is -0.960. The first-order valence-electron chi connectivity index (χ1n) is 6.21. The van der Waals surface area contributed by atoms with E-state index >= 15 is 0 Å². The van der Waals surface area contributed by atoms with E-state index in [0.717, 1.165) is 11.3 Å². The molecule has 0 aliphatic rings. The van der Waals surface area contributed by atoms with Crippen LogP contribution in [0.5, 0.6) is 0 Å². The van der Waals surface area contributed by atoms with E-state index in [1.165, 1.54) is 6.07 Å². The molecule has 0 bridgehead atoms. The third-order valence-electron chi connectivity index (χ3n) is 2.75. The molecule has 1 rings (SSSR count). The van der Waals surface area contributed by atoms with Crippen molar-refractivity contribution in [2.24, 2.45) is 11.7 Å². The van der Waals surface area contributed by atoms with Gasteiger partial charge in [0.05, 0.1) is 17.9 Å². The largest absolute Gasteiger partial charge is 0.390 e. The molecule has 1 amide bonds. The number of nitrogens with two attached hydrogens (primary N) is 1. The number of carbonyl (C=O) groups is 1. The highest BCUT2D eigenvalue weighted by molar-refractivity contribution is 7.93. The van der Waals surface area contributed by atoms with Crippen molar-refractivity contribution in [1.29, 1.82) is 0 Å². The molecule has 20 heavy (non-hydrogen) atoms. The van der Waals surface area contributed by atoms with Gasteiger partial charge < -0.3 is 16.2 Å². The lowest BCUT2D eigenvalue weighted by molar-refractivity contribution is -0.123. The third-order valence-corrected chi connectivity index (χ3v) is 6.03. The lowest BCUT2D eigenvalue weighted by Gasteiger charge is -2.17. The van der Waals surface area contributed by atoms with Crippen LogP contribution in [0.25, 0.3) is 0 Å². The van der Waals surface area contributed by atoms with Gasteiger partial charge in [0.25, 0.3) is 0 Å². The minimum absolute atomic E-state index is 0.0259. The quantitative estimate of drug-likeness (QED) is 0.654. The summed E-state index contributed by atoms with van der Waals surface area (Å²) in [6.45, 7) is 3.48. The van der Waals surface area contributed by atoms with E-state index in [1.807, 2.05) is 13.8 Å². The minimum atomic E-state index is -3.51. The molecule has 0 fully saturated rings. The molecular formula is C12H20N2O4S2. The van der Waals surface area contributed by atoms with E-state index in [0.29, 0.717) is 0 Å². The smallest absolute Gasteiger partial charge is 0.237 e. The second-order valence-corrected chi connectivity index (χ2v) is 8.09. The van der Waals surface area contributed by atoms with Crippen molar-refractivity contribution in [3.05, 3.63) is 17.5 Å². The zero-order chi connectivity index (χ0) is 15.3. The van der Waals surface area contributed by atoms with Gasteiger partial charge in [-0.05, 0) is 17.4 Å². The van der Waals surface area contributed by atoms with Crippen LogP contribution in [0, 0.1) is 5.92 Å². The first-order chi connectivity index (χ1) is 9.24. The van der Waals surface area contributed by atoms with E-state index in [1.54, 1.807) is 11.4 Å². The van der Waals surface area contributed by atoms with Crippen molar-refractivity contribution >= 4 is 27.1 Å². The highest BCUT2D eigenvalue weighted by Gasteiger charge is 2.22. The van der Waals surface area contributed by atoms with Crippen molar-refractivity contribution in [3.63, 3.8) is 0 Å². The maximum atomic E-state index is 11.9. The normalized spacial score (nSPS) is 15.1. The molecule has 4 N–H and O–H groups in total. The maximum Gasteiger partial charge on any atom is 0.237 e. The van der Waals surface area contributed by atoms with Crippen LogP contribution in [0.3, 0.4) is 0 Å². The Labute approximate surface area is 122 Å². The Bertz CT molecular complexity index is 526. The van der Waals surface area contributed by atoms with E-state index < -0.39 is 33.6 Å². The van der Waals surface area contributed by atoms with Crippen LogP contribution in [0.1, 0.15) is 13.8 Å². The number of aliphatic hydroxyl groups is 1. The molecule has 1 heterocycles. The summed E-state index contributed by atoms with van der Waals surface area (Å²) in [7, 11) is -3.51. The summed E-state index contributed by atoms with van der Waals surface area (Å²) < 4.78 is 24.0. The first-order valence-corrected chi connectivity index (χ1v) is 8.75. The molecular weight excluding hydrogens is 300 g/mol. The second-order valence-electron chi connectivity index (χ2n) is 4.88. The molecule has 1 unspecified atom stereocenters. The summed E-state index contributed by atoms with van der Waals surface area (Å²) in [5.74, 6) is -0.848. The van der Waals surface area contributed by atoms with E-state index in [2.05, 4.69) is 5.32 Å². The van der Waals surface area contributed by atoms with Gasteiger partial charge in [-0.3, -0.25) is 4.79 Å². The van der Waals surface area contributed by atoms with Crippen molar-refractivity contribution in [1.82, 2.24) is 5.32 Å². The predicted octanol–water partition coefficient (Wildman–Crippen LogP) is -0.0178. The molecule has 0 aliphatic heterocycles. The predicted molar refractivity (Wildman–Crippen MR) is 78.2 cm³/mol. The molecule has 0 aromatic carbocycles. The lowest BCUT2D eigenvalue weighted by atomic mass is 10.1. The molecule has 1 aromatic heterocycles. The number of amides is 1. The lowest BCUT2D eigenvalue weighted by Crippen LogP contribution is -2.46. The number of rotatable bonds is 7. The van der Waals surface area contributed by atoms with Gasteiger partial charge in [-0.1, -0.05) is 19.9 Å². The Morgan fingerprint density at radius 2 is 2.15 bits per heavy atom. The molecule has 6 nitrogen and oxygen atoms in total. The number of hydrogen-bond donors (Lipinski definition) is 3. The summed E-state index contributed by atoms with van der Waals surface area (Å²) >= 11 is 1.10. The van der Waals surface area contributed by atoms with Gasteiger partial charge in [0.1, 0.15) is 4.21 Å². The Morgan fingerprint density at radius 1 is 1.50 bits per heavy atom.